The topological polar surface area (TPSA) is 124 Å². The summed E-state index contributed by atoms with van der Waals surface area (Å²) in [5.74, 6) is -2.53. The van der Waals surface area contributed by atoms with Gasteiger partial charge in [-0.25, -0.2) is 14.8 Å². The van der Waals surface area contributed by atoms with E-state index in [4.69, 9.17) is 0 Å². The Morgan fingerprint density at radius 2 is 1.93 bits per heavy atom. The van der Waals surface area contributed by atoms with Crippen LogP contribution in [0.2, 0.25) is 0 Å². The van der Waals surface area contributed by atoms with Crippen LogP contribution in [0.15, 0.2) is 48.9 Å². The molecule has 0 bridgehead atoms. The van der Waals surface area contributed by atoms with Crippen molar-refractivity contribution in [2.24, 2.45) is 0 Å². The molecule has 1 N–H and O–H groups in total. The van der Waals surface area contributed by atoms with Crippen LogP contribution in [-0.4, -0.2) is 49.5 Å². The molecule has 2 heterocycles. The quantitative estimate of drug-likeness (QED) is 0.464. The minimum Gasteiger partial charge on any atom is -0.463 e. The standard InChI is InChI=1S/C18H15N5O4S/c1-27-18(26)16(24)13(9-11-5-3-2-4-6-11)21-17(25)15-14(22-28-23-15)12-7-8-19-10-20-12/h2-8,10,13H,9H2,1H3,(H,21,25). The number of ketones is 1. The number of carbonyl (C=O) groups excluding carboxylic acids is 3. The minimum atomic E-state index is -1.11. The van der Waals surface area contributed by atoms with Gasteiger partial charge in [-0.05, 0) is 11.6 Å². The van der Waals surface area contributed by atoms with Crippen molar-refractivity contribution in [3.8, 4) is 11.4 Å². The average Bonchev–Trinajstić information content (AvgIpc) is 3.23. The van der Waals surface area contributed by atoms with Gasteiger partial charge in [-0.1, -0.05) is 30.3 Å². The zero-order valence-corrected chi connectivity index (χ0v) is 15.5. The summed E-state index contributed by atoms with van der Waals surface area (Å²) in [7, 11) is 1.11. The number of amides is 1. The van der Waals surface area contributed by atoms with Crippen LogP contribution in [0.5, 0.6) is 0 Å². The van der Waals surface area contributed by atoms with Crippen LogP contribution in [0.3, 0.4) is 0 Å². The van der Waals surface area contributed by atoms with Crippen molar-refractivity contribution in [1.29, 1.82) is 0 Å². The number of ether oxygens (including phenoxy) is 1. The second-order valence-electron chi connectivity index (χ2n) is 5.63. The molecule has 1 aromatic carbocycles. The Morgan fingerprint density at radius 3 is 2.61 bits per heavy atom. The van der Waals surface area contributed by atoms with Gasteiger partial charge in [-0.3, -0.25) is 9.59 Å². The molecule has 1 unspecified atom stereocenters. The number of esters is 1. The third-order valence-electron chi connectivity index (χ3n) is 3.82. The molecule has 3 aromatic rings. The lowest BCUT2D eigenvalue weighted by Crippen LogP contribution is -2.46. The third-order valence-corrected chi connectivity index (χ3v) is 4.35. The highest BCUT2D eigenvalue weighted by Crippen LogP contribution is 2.19. The largest absolute Gasteiger partial charge is 0.463 e. The average molecular weight is 397 g/mol. The fourth-order valence-electron chi connectivity index (χ4n) is 2.46. The van der Waals surface area contributed by atoms with E-state index in [1.54, 1.807) is 30.3 Å². The van der Waals surface area contributed by atoms with Crippen molar-refractivity contribution in [3.63, 3.8) is 0 Å². The van der Waals surface area contributed by atoms with Crippen molar-refractivity contribution in [1.82, 2.24) is 24.0 Å². The number of hydrogen-bond donors (Lipinski definition) is 1. The van der Waals surface area contributed by atoms with E-state index < -0.39 is 23.7 Å². The van der Waals surface area contributed by atoms with E-state index in [0.717, 1.165) is 24.4 Å². The summed E-state index contributed by atoms with van der Waals surface area (Å²) in [6.45, 7) is 0. The lowest BCUT2D eigenvalue weighted by molar-refractivity contribution is -0.152. The fourth-order valence-corrected chi connectivity index (χ4v) is 3.02. The van der Waals surface area contributed by atoms with Crippen LogP contribution in [0, 0.1) is 0 Å². The van der Waals surface area contributed by atoms with Crippen molar-refractivity contribution in [2.45, 2.75) is 12.5 Å². The molecule has 0 spiro atoms. The van der Waals surface area contributed by atoms with Gasteiger partial charge in [-0.2, -0.15) is 8.75 Å². The highest BCUT2D eigenvalue weighted by Gasteiger charge is 2.30. The van der Waals surface area contributed by atoms with E-state index in [9.17, 15) is 14.4 Å². The van der Waals surface area contributed by atoms with E-state index in [1.165, 1.54) is 12.5 Å². The lowest BCUT2D eigenvalue weighted by atomic mass is 10.0. The summed E-state index contributed by atoms with van der Waals surface area (Å²) in [6.07, 6.45) is 2.97. The number of nitrogens with zero attached hydrogens (tertiary/aromatic N) is 4. The van der Waals surface area contributed by atoms with Gasteiger partial charge in [0.05, 0.1) is 24.5 Å². The monoisotopic (exact) mass is 397 g/mol. The number of Topliss-reactive ketones (excluding diaryl/α,β-unsaturated/α-hetero) is 1. The van der Waals surface area contributed by atoms with E-state index in [1.807, 2.05) is 6.07 Å². The van der Waals surface area contributed by atoms with Crippen molar-refractivity contribution < 1.29 is 19.1 Å². The molecule has 0 aliphatic carbocycles. The normalized spacial score (nSPS) is 11.5. The predicted octanol–water partition coefficient (Wildman–Crippen LogP) is 1.08. The summed E-state index contributed by atoms with van der Waals surface area (Å²) in [5.41, 5.74) is 1.48. The van der Waals surface area contributed by atoms with Crippen LogP contribution < -0.4 is 5.32 Å². The summed E-state index contributed by atoms with van der Waals surface area (Å²) in [6, 6.07) is 9.49. The zero-order valence-electron chi connectivity index (χ0n) is 14.7. The Morgan fingerprint density at radius 1 is 1.14 bits per heavy atom. The highest BCUT2D eigenvalue weighted by atomic mass is 32.1. The first kappa shape index (κ1) is 19.2. The Kier molecular flexibility index (Phi) is 6.12. The van der Waals surface area contributed by atoms with Gasteiger partial charge < -0.3 is 10.1 Å². The summed E-state index contributed by atoms with van der Waals surface area (Å²) in [5, 5.41) is 2.56. The van der Waals surface area contributed by atoms with E-state index in [-0.39, 0.29) is 17.8 Å². The van der Waals surface area contributed by atoms with Crippen molar-refractivity contribution >= 4 is 29.4 Å². The van der Waals surface area contributed by atoms with Gasteiger partial charge in [-0.15, -0.1) is 0 Å². The zero-order chi connectivity index (χ0) is 19.9. The van der Waals surface area contributed by atoms with Crippen molar-refractivity contribution in [3.05, 3.63) is 60.2 Å². The Balaban J connectivity index is 1.85. The van der Waals surface area contributed by atoms with Crippen LogP contribution in [0.1, 0.15) is 16.1 Å². The fraction of sp³-hybridized carbons (Fsp3) is 0.167. The summed E-state index contributed by atoms with van der Waals surface area (Å²) < 4.78 is 12.6. The molecule has 0 fully saturated rings. The number of aromatic nitrogens is 4. The Hall–Kier alpha value is -3.53. The van der Waals surface area contributed by atoms with E-state index in [0.29, 0.717) is 5.69 Å². The molecule has 2 aromatic heterocycles. The Bertz CT molecular complexity index is 978. The van der Waals surface area contributed by atoms with Crippen LogP contribution in [0.4, 0.5) is 0 Å². The molecule has 0 aliphatic rings. The minimum absolute atomic E-state index is 0.0134. The van der Waals surface area contributed by atoms with Crippen LogP contribution >= 0.6 is 11.7 Å². The molecular weight excluding hydrogens is 382 g/mol. The first-order valence-corrected chi connectivity index (χ1v) is 8.89. The molecule has 0 aliphatic heterocycles. The maximum atomic E-state index is 12.8. The lowest BCUT2D eigenvalue weighted by Gasteiger charge is -2.16. The van der Waals surface area contributed by atoms with Gasteiger partial charge in [0.2, 0.25) is 0 Å². The molecule has 3 rings (SSSR count). The van der Waals surface area contributed by atoms with Gasteiger partial charge in [0.15, 0.2) is 5.69 Å². The smallest absolute Gasteiger partial charge is 0.376 e. The number of benzene rings is 1. The van der Waals surface area contributed by atoms with Crippen LogP contribution in [-0.2, 0) is 20.7 Å². The predicted molar refractivity (Wildman–Crippen MR) is 99.4 cm³/mol. The molecule has 9 nitrogen and oxygen atoms in total. The molecule has 28 heavy (non-hydrogen) atoms. The van der Waals surface area contributed by atoms with Gasteiger partial charge in [0, 0.05) is 12.6 Å². The molecule has 1 amide bonds. The number of nitrogens with one attached hydrogen (secondary N) is 1. The van der Waals surface area contributed by atoms with Crippen LogP contribution in [0.25, 0.3) is 11.4 Å². The first-order chi connectivity index (χ1) is 13.6. The highest BCUT2D eigenvalue weighted by molar-refractivity contribution is 6.99. The second-order valence-corrected chi connectivity index (χ2v) is 6.16. The van der Waals surface area contributed by atoms with E-state index >= 15 is 0 Å². The van der Waals surface area contributed by atoms with Gasteiger partial charge >= 0.3 is 5.97 Å². The number of carbonyl (C=O) groups is 3. The maximum Gasteiger partial charge on any atom is 0.376 e. The second kappa shape index (κ2) is 8.91. The SMILES string of the molecule is COC(=O)C(=O)C(Cc1ccccc1)NC(=O)c1nsnc1-c1ccncn1. The number of rotatable bonds is 7. The Labute approximate surface area is 164 Å². The molecule has 1 atom stereocenters. The maximum absolute atomic E-state index is 12.8. The van der Waals surface area contributed by atoms with Crippen molar-refractivity contribution in [2.75, 3.05) is 7.11 Å². The third kappa shape index (κ3) is 4.41. The van der Waals surface area contributed by atoms with Gasteiger partial charge in [0.25, 0.3) is 11.7 Å². The van der Waals surface area contributed by atoms with Gasteiger partial charge in [0.1, 0.15) is 18.1 Å². The number of hydrogen-bond acceptors (Lipinski definition) is 9. The summed E-state index contributed by atoms with van der Waals surface area (Å²) >= 11 is 0.842. The molecular formula is C18H15N5O4S. The molecule has 0 radical (unpaired) electrons. The molecule has 142 valence electrons. The molecule has 0 saturated heterocycles. The summed E-state index contributed by atoms with van der Waals surface area (Å²) in [4.78, 5) is 44.8. The molecule has 0 saturated carbocycles. The first-order valence-electron chi connectivity index (χ1n) is 8.16. The number of methoxy groups -OCH3 is 1. The molecule has 10 heteroatoms. The van der Waals surface area contributed by atoms with E-state index in [2.05, 4.69) is 28.8 Å².